The average molecular weight is 341 g/mol. The van der Waals surface area contributed by atoms with Gasteiger partial charge >= 0.3 is 16.5 Å². The molecule has 0 fully saturated rings. The Bertz CT molecular complexity index is 312. The van der Waals surface area contributed by atoms with Crippen molar-refractivity contribution in [2.75, 3.05) is 0 Å². The molecule has 0 aliphatic rings. The molecular weight excluding hydrogens is 315 g/mol. The third-order valence-corrected chi connectivity index (χ3v) is 1.95. The van der Waals surface area contributed by atoms with Crippen LogP contribution in [0.25, 0.3) is 0 Å². The molecule has 0 aliphatic heterocycles. The van der Waals surface area contributed by atoms with E-state index >= 15 is 0 Å². The average Bonchev–Trinajstić information content (AvgIpc) is 2.11. The first-order chi connectivity index (χ1) is 9.04. The molecule has 0 aliphatic carbocycles. The van der Waals surface area contributed by atoms with E-state index in [-0.39, 0.29) is 39.6 Å². The fraction of sp³-hybridized carbons (Fsp3) is 0.625. The van der Waals surface area contributed by atoms with E-state index in [1.165, 1.54) is 13.8 Å². The van der Waals surface area contributed by atoms with Gasteiger partial charge in [-0.1, -0.05) is 27.7 Å². The Kier molecular flexibility index (Phi) is 16.5. The maximum absolute atomic E-state index is 10.8. The smallest absolute Gasteiger partial charge is 0.334 e. The van der Waals surface area contributed by atoms with E-state index in [0.29, 0.717) is 24.7 Å². The van der Waals surface area contributed by atoms with Gasteiger partial charge < -0.3 is 19.2 Å². The Morgan fingerprint density at radius 2 is 0.952 bits per heavy atom. The summed E-state index contributed by atoms with van der Waals surface area (Å²) in [6, 6.07) is 0. The molecular formula is C16H26NiO4. The van der Waals surface area contributed by atoms with Crippen molar-refractivity contribution in [2.24, 2.45) is 11.8 Å². The zero-order valence-corrected chi connectivity index (χ0v) is 14.7. The number of rotatable bonds is 8. The second-order valence-corrected chi connectivity index (χ2v) is 5.64. The molecule has 124 valence electrons. The predicted octanol–water partition coefficient (Wildman–Crippen LogP) is 2.79. The van der Waals surface area contributed by atoms with Crippen LogP contribution in [0.1, 0.15) is 54.4 Å². The molecule has 0 saturated carbocycles. The monoisotopic (exact) mass is 340 g/mol. The van der Waals surface area contributed by atoms with Gasteiger partial charge in [0.2, 0.25) is 0 Å². The van der Waals surface area contributed by atoms with Gasteiger partial charge in [-0.15, -0.1) is 0 Å². The van der Waals surface area contributed by atoms with Crippen LogP contribution in [-0.2, 0) is 35.7 Å². The largest absolute Gasteiger partial charge is 2.00 e. The molecule has 0 rings (SSSR count). The van der Waals surface area contributed by atoms with E-state index in [0.717, 1.165) is 12.8 Å². The quantitative estimate of drug-likeness (QED) is 0.387. The molecule has 21 heavy (non-hydrogen) atoms. The minimum atomic E-state index is -0.161. The van der Waals surface area contributed by atoms with Gasteiger partial charge in [0.1, 0.15) is 0 Å². The maximum atomic E-state index is 10.8. The number of hydrogen-bond donors (Lipinski definition) is 0. The molecule has 0 aromatic carbocycles. The van der Waals surface area contributed by atoms with Crippen molar-refractivity contribution in [2.45, 2.75) is 54.4 Å². The van der Waals surface area contributed by atoms with Crippen LogP contribution in [0, 0.1) is 24.7 Å². The summed E-state index contributed by atoms with van der Waals surface area (Å²) in [5, 5.41) is 0. The standard InChI is InChI=1S/2C8H13O2.Ni/c2*1-6(2)4-8(10)5-7(3)9;/h2*5-6H,4H2,1-3H3;/q2*-1;+2. The number of ketones is 4. The van der Waals surface area contributed by atoms with E-state index in [2.05, 4.69) is 0 Å². The molecule has 0 spiro atoms. The molecule has 0 saturated heterocycles. The molecule has 0 N–H and O–H groups in total. The van der Waals surface area contributed by atoms with Crippen molar-refractivity contribution in [1.82, 2.24) is 0 Å². The van der Waals surface area contributed by atoms with Gasteiger partial charge in [0.15, 0.2) is 0 Å². The minimum absolute atomic E-state index is 0. The van der Waals surface area contributed by atoms with Crippen LogP contribution < -0.4 is 0 Å². The Hall–Kier alpha value is -1.09. The summed E-state index contributed by atoms with van der Waals surface area (Å²) in [5.74, 6) is 0.215. The third kappa shape index (κ3) is 24.3. The van der Waals surface area contributed by atoms with Gasteiger partial charge in [0, 0.05) is 23.1 Å². The fourth-order valence-electron chi connectivity index (χ4n) is 1.38. The molecule has 0 atom stereocenters. The number of carbonyl (C=O) groups is 4. The van der Waals surface area contributed by atoms with E-state index in [1.807, 2.05) is 27.7 Å². The van der Waals surface area contributed by atoms with Gasteiger partial charge in [0.05, 0.1) is 0 Å². The SMILES string of the molecule is CC(=O)[CH-]C(=O)CC(C)C.CC(=O)[CH-]C(=O)CC(C)C.[Ni+2]. The van der Waals surface area contributed by atoms with Gasteiger partial charge in [-0.25, -0.2) is 0 Å². The van der Waals surface area contributed by atoms with Crippen LogP contribution in [0.15, 0.2) is 0 Å². The molecule has 0 aromatic rings. The van der Waals surface area contributed by atoms with Crippen molar-refractivity contribution in [3.05, 3.63) is 12.8 Å². The van der Waals surface area contributed by atoms with Crippen molar-refractivity contribution < 1.29 is 35.7 Å². The molecule has 5 heteroatoms. The molecule has 0 radical (unpaired) electrons. The van der Waals surface area contributed by atoms with Crippen LogP contribution in [0.5, 0.6) is 0 Å². The van der Waals surface area contributed by atoms with Crippen molar-refractivity contribution >= 4 is 23.1 Å². The van der Waals surface area contributed by atoms with Gasteiger partial charge in [-0.2, -0.15) is 0 Å². The Morgan fingerprint density at radius 3 is 1.10 bits per heavy atom. The Morgan fingerprint density at radius 1 is 0.714 bits per heavy atom. The van der Waals surface area contributed by atoms with E-state index in [9.17, 15) is 19.2 Å². The number of Topliss-reactive ketones (excluding diaryl/α,β-unsaturated/α-hetero) is 4. The van der Waals surface area contributed by atoms with E-state index in [1.54, 1.807) is 0 Å². The predicted molar refractivity (Wildman–Crippen MR) is 78.9 cm³/mol. The zero-order chi connectivity index (χ0) is 16.3. The summed E-state index contributed by atoms with van der Waals surface area (Å²) in [6.45, 7) is 10.6. The van der Waals surface area contributed by atoms with Crippen LogP contribution in [-0.4, -0.2) is 23.1 Å². The summed E-state index contributed by atoms with van der Waals surface area (Å²) in [5.41, 5.74) is 0. The molecule has 0 amide bonds. The molecule has 0 heterocycles. The van der Waals surface area contributed by atoms with Gasteiger partial charge in [-0.05, 0) is 38.5 Å². The Balaban J connectivity index is -0.000000295. The van der Waals surface area contributed by atoms with Crippen molar-refractivity contribution in [1.29, 1.82) is 0 Å². The number of carbonyl (C=O) groups excluding carboxylic acids is 4. The van der Waals surface area contributed by atoms with Crippen LogP contribution >= 0.6 is 0 Å². The van der Waals surface area contributed by atoms with Crippen LogP contribution in [0.4, 0.5) is 0 Å². The van der Waals surface area contributed by atoms with Crippen LogP contribution in [0.3, 0.4) is 0 Å². The summed E-state index contributed by atoms with van der Waals surface area (Å²) in [6.07, 6.45) is 3.25. The van der Waals surface area contributed by atoms with E-state index < -0.39 is 0 Å². The van der Waals surface area contributed by atoms with Crippen molar-refractivity contribution in [3.8, 4) is 0 Å². The molecule has 4 nitrogen and oxygen atoms in total. The van der Waals surface area contributed by atoms with Crippen molar-refractivity contribution in [3.63, 3.8) is 0 Å². The summed E-state index contributed by atoms with van der Waals surface area (Å²) < 4.78 is 0. The van der Waals surface area contributed by atoms with E-state index in [4.69, 9.17) is 0 Å². The minimum Gasteiger partial charge on any atom is -0.334 e. The maximum Gasteiger partial charge on any atom is 2.00 e. The second kappa shape index (κ2) is 13.9. The normalized spacial score (nSPS) is 9.14. The summed E-state index contributed by atoms with van der Waals surface area (Å²) in [7, 11) is 0. The van der Waals surface area contributed by atoms with Crippen LogP contribution in [0.2, 0.25) is 0 Å². The summed E-state index contributed by atoms with van der Waals surface area (Å²) in [4.78, 5) is 42.3. The first-order valence-electron chi connectivity index (χ1n) is 6.80. The third-order valence-electron chi connectivity index (χ3n) is 1.95. The first-order valence-corrected chi connectivity index (χ1v) is 6.80. The zero-order valence-electron chi connectivity index (χ0n) is 13.7. The molecule has 0 unspecified atom stereocenters. The first kappa shape index (κ1) is 24.9. The molecule has 0 bridgehead atoms. The van der Waals surface area contributed by atoms with Gasteiger partial charge in [0.25, 0.3) is 0 Å². The van der Waals surface area contributed by atoms with Gasteiger partial charge in [-0.3, -0.25) is 12.8 Å². The second-order valence-electron chi connectivity index (χ2n) is 5.64. The summed E-state index contributed by atoms with van der Waals surface area (Å²) >= 11 is 0. The Labute approximate surface area is 138 Å². The fourth-order valence-corrected chi connectivity index (χ4v) is 1.38. The topological polar surface area (TPSA) is 68.3 Å². The molecule has 0 aromatic heterocycles. The number of hydrogen-bond acceptors (Lipinski definition) is 4.